The van der Waals surface area contributed by atoms with E-state index in [1.807, 2.05) is 0 Å². The van der Waals surface area contributed by atoms with Crippen LogP contribution in [0.15, 0.2) is 29.6 Å². The molecule has 0 fully saturated rings. The van der Waals surface area contributed by atoms with E-state index in [-0.39, 0.29) is 19.2 Å². The number of halogens is 4. The van der Waals surface area contributed by atoms with E-state index in [2.05, 4.69) is 19.9 Å². The molecule has 0 unspecified atom stereocenters. The second-order valence-corrected chi connectivity index (χ2v) is 6.37. The molecule has 1 aromatic carbocycles. The number of hydrogen-bond donors (Lipinski definition) is 1. The van der Waals surface area contributed by atoms with Crippen molar-refractivity contribution in [3.8, 4) is 11.4 Å². The van der Waals surface area contributed by atoms with E-state index < -0.39 is 34.4 Å². The van der Waals surface area contributed by atoms with E-state index >= 15 is 0 Å². The Hall–Kier alpha value is -3.14. The highest BCUT2D eigenvalue weighted by Gasteiger charge is 2.26. The maximum Gasteiger partial charge on any atom is 0.255 e. The lowest BCUT2D eigenvalue weighted by Crippen LogP contribution is -2.36. The number of nitrogens with zero attached hydrogens (tertiary/aromatic N) is 4. The Morgan fingerprint density at radius 2 is 1.75 bits per heavy atom. The third-order valence-electron chi connectivity index (χ3n) is 4.57. The van der Waals surface area contributed by atoms with E-state index in [0.29, 0.717) is 35.6 Å². The molecule has 0 atom stereocenters. The third kappa shape index (κ3) is 3.26. The lowest BCUT2D eigenvalue weighted by Gasteiger charge is -2.28. The molecule has 4 rings (SSSR count). The van der Waals surface area contributed by atoms with Crippen molar-refractivity contribution in [2.24, 2.45) is 0 Å². The second-order valence-electron chi connectivity index (χ2n) is 6.37. The van der Waals surface area contributed by atoms with Crippen LogP contribution < -0.4 is 5.56 Å². The molecule has 0 bridgehead atoms. The van der Waals surface area contributed by atoms with E-state index in [4.69, 9.17) is 0 Å². The molecular weight excluding hydrogens is 378 g/mol. The van der Waals surface area contributed by atoms with Crippen LogP contribution in [-0.2, 0) is 19.5 Å². The summed E-state index contributed by atoms with van der Waals surface area (Å²) in [5.41, 5.74) is 0.322. The van der Waals surface area contributed by atoms with E-state index in [9.17, 15) is 22.4 Å². The van der Waals surface area contributed by atoms with Crippen LogP contribution in [0.4, 0.5) is 17.6 Å². The quantitative estimate of drug-likeness (QED) is 0.548. The Morgan fingerprint density at radius 3 is 2.43 bits per heavy atom. The first kappa shape index (κ1) is 18.2. The minimum Gasteiger partial charge on any atom is -0.306 e. The number of fused-ring (bicyclic) bond motifs is 1. The van der Waals surface area contributed by atoms with Gasteiger partial charge < -0.3 is 4.98 Å². The number of hydrogen-bond acceptors (Lipinski definition) is 5. The van der Waals surface area contributed by atoms with Crippen LogP contribution >= 0.6 is 0 Å². The van der Waals surface area contributed by atoms with Gasteiger partial charge in [0.2, 0.25) is 0 Å². The monoisotopic (exact) mass is 391 g/mol. The van der Waals surface area contributed by atoms with Gasteiger partial charge >= 0.3 is 0 Å². The topological polar surface area (TPSA) is 74.8 Å². The van der Waals surface area contributed by atoms with E-state index in [1.54, 1.807) is 0 Å². The SMILES string of the molecule is O=c1[nH]c(-c2cncnc2)nc2c1CN(Cc1c(F)c(F)cc(F)c1F)CC2. The minimum absolute atomic E-state index is 0.0419. The Morgan fingerprint density at radius 1 is 1.07 bits per heavy atom. The molecule has 0 spiro atoms. The van der Waals surface area contributed by atoms with E-state index in [0.717, 1.165) is 0 Å². The molecule has 3 heterocycles. The van der Waals surface area contributed by atoms with Crippen LogP contribution in [0, 0.1) is 23.3 Å². The highest BCUT2D eigenvalue weighted by atomic mass is 19.2. The van der Waals surface area contributed by atoms with E-state index in [1.165, 1.54) is 23.6 Å². The number of aromatic amines is 1. The van der Waals surface area contributed by atoms with Crippen LogP contribution in [0.3, 0.4) is 0 Å². The average Bonchev–Trinajstić information content (AvgIpc) is 2.70. The van der Waals surface area contributed by atoms with Crippen LogP contribution in [0.5, 0.6) is 0 Å². The Balaban J connectivity index is 1.62. The molecule has 1 aliphatic heterocycles. The molecule has 0 radical (unpaired) electrons. The molecule has 6 nitrogen and oxygen atoms in total. The van der Waals surface area contributed by atoms with Gasteiger partial charge in [-0.05, 0) is 0 Å². The zero-order chi connectivity index (χ0) is 19.8. The number of aromatic nitrogens is 4. The van der Waals surface area contributed by atoms with Crippen molar-refractivity contribution in [2.45, 2.75) is 19.5 Å². The van der Waals surface area contributed by atoms with Gasteiger partial charge in [0, 0.05) is 50.1 Å². The first-order valence-corrected chi connectivity index (χ1v) is 8.35. The molecule has 0 saturated carbocycles. The number of H-pyrrole nitrogens is 1. The van der Waals surface area contributed by atoms with Gasteiger partial charge in [-0.25, -0.2) is 32.5 Å². The fraction of sp³-hybridized carbons (Fsp3) is 0.222. The van der Waals surface area contributed by atoms with Crippen molar-refractivity contribution in [1.29, 1.82) is 0 Å². The summed E-state index contributed by atoms with van der Waals surface area (Å²) in [5, 5.41) is 0. The summed E-state index contributed by atoms with van der Waals surface area (Å²) in [7, 11) is 0. The van der Waals surface area contributed by atoms with Gasteiger partial charge in [-0.1, -0.05) is 0 Å². The molecule has 144 valence electrons. The first-order chi connectivity index (χ1) is 13.4. The van der Waals surface area contributed by atoms with Gasteiger partial charge in [-0.15, -0.1) is 0 Å². The standard InChI is InChI=1S/C18H13F4N5O/c19-12-3-13(20)16(22)11(15(12)21)7-27-2-1-14-10(6-27)18(28)26-17(25-14)9-4-23-8-24-5-9/h3-5,8H,1-2,6-7H2,(H,25,26,28). The summed E-state index contributed by atoms with van der Waals surface area (Å²) in [4.78, 5) is 28.8. The Bertz CT molecular complexity index is 1080. The van der Waals surface area contributed by atoms with Gasteiger partial charge in [0.05, 0.1) is 16.8 Å². The molecule has 1 aliphatic rings. The van der Waals surface area contributed by atoms with Crippen molar-refractivity contribution < 1.29 is 17.6 Å². The summed E-state index contributed by atoms with van der Waals surface area (Å²) in [6.07, 6.45) is 4.71. The zero-order valence-corrected chi connectivity index (χ0v) is 14.3. The normalized spacial score (nSPS) is 14.1. The van der Waals surface area contributed by atoms with Crippen molar-refractivity contribution in [3.63, 3.8) is 0 Å². The molecule has 0 amide bonds. The van der Waals surface area contributed by atoms with Gasteiger partial charge in [0.1, 0.15) is 12.2 Å². The number of benzene rings is 1. The number of nitrogens with one attached hydrogen (secondary N) is 1. The van der Waals surface area contributed by atoms with Crippen molar-refractivity contribution >= 4 is 0 Å². The highest BCUT2D eigenvalue weighted by Crippen LogP contribution is 2.24. The summed E-state index contributed by atoms with van der Waals surface area (Å²) in [5.74, 6) is -5.46. The Labute approximate surface area is 155 Å². The molecule has 2 aromatic heterocycles. The van der Waals surface area contributed by atoms with Gasteiger partial charge in [0.25, 0.3) is 5.56 Å². The molecule has 10 heteroatoms. The lowest BCUT2D eigenvalue weighted by atomic mass is 10.0. The predicted molar refractivity (Wildman–Crippen MR) is 90.0 cm³/mol. The second kappa shape index (κ2) is 7.12. The van der Waals surface area contributed by atoms with Crippen molar-refractivity contribution in [1.82, 2.24) is 24.8 Å². The largest absolute Gasteiger partial charge is 0.306 e. The number of rotatable bonds is 3. The van der Waals surface area contributed by atoms with Crippen LogP contribution in [0.2, 0.25) is 0 Å². The maximum atomic E-state index is 13.9. The van der Waals surface area contributed by atoms with Crippen LogP contribution in [0.25, 0.3) is 11.4 Å². The third-order valence-corrected chi connectivity index (χ3v) is 4.57. The van der Waals surface area contributed by atoms with Gasteiger partial charge in [-0.3, -0.25) is 9.69 Å². The molecule has 28 heavy (non-hydrogen) atoms. The summed E-state index contributed by atoms with van der Waals surface area (Å²) < 4.78 is 54.6. The summed E-state index contributed by atoms with van der Waals surface area (Å²) in [6.45, 7) is -0.0229. The molecule has 3 aromatic rings. The predicted octanol–water partition coefficient (Wildman–Crippen LogP) is 2.34. The Kier molecular flexibility index (Phi) is 4.63. The van der Waals surface area contributed by atoms with Gasteiger partial charge in [0.15, 0.2) is 23.3 Å². The smallest absolute Gasteiger partial charge is 0.255 e. The molecule has 1 N–H and O–H groups in total. The fourth-order valence-electron chi connectivity index (χ4n) is 3.16. The fourth-order valence-corrected chi connectivity index (χ4v) is 3.16. The molecule has 0 saturated heterocycles. The van der Waals surface area contributed by atoms with Crippen LogP contribution in [-0.4, -0.2) is 31.4 Å². The maximum absolute atomic E-state index is 13.9. The summed E-state index contributed by atoms with van der Waals surface area (Å²) >= 11 is 0. The van der Waals surface area contributed by atoms with Crippen LogP contribution in [0.1, 0.15) is 16.8 Å². The van der Waals surface area contributed by atoms with Crippen molar-refractivity contribution in [2.75, 3.05) is 6.54 Å². The minimum atomic E-state index is -1.46. The highest BCUT2D eigenvalue weighted by molar-refractivity contribution is 5.52. The zero-order valence-electron chi connectivity index (χ0n) is 14.3. The first-order valence-electron chi connectivity index (χ1n) is 8.35. The van der Waals surface area contributed by atoms with Crippen molar-refractivity contribution in [3.05, 3.63) is 75.2 Å². The molecule has 0 aliphatic carbocycles. The molecular formula is C18H13F4N5O. The lowest BCUT2D eigenvalue weighted by molar-refractivity contribution is 0.232. The van der Waals surface area contributed by atoms with Gasteiger partial charge in [-0.2, -0.15) is 0 Å². The summed E-state index contributed by atoms with van der Waals surface area (Å²) in [6, 6.07) is 0.170. The average molecular weight is 391 g/mol.